The van der Waals surface area contributed by atoms with Crippen LogP contribution in [0.1, 0.15) is 31.9 Å². The van der Waals surface area contributed by atoms with Crippen LogP contribution < -0.4 is 10.1 Å². The van der Waals surface area contributed by atoms with E-state index in [1.165, 1.54) is 0 Å². The van der Waals surface area contributed by atoms with E-state index in [1.54, 1.807) is 39.0 Å². The van der Waals surface area contributed by atoms with Crippen LogP contribution in [0.4, 0.5) is 24.8 Å². The van der Waals surface area contributed by atoms with Gasteiger partial charge in [0, 0.05) is 6.20 Å². The number of anilines is 2. The monoisotopic (exact) mass is 467 g/mol. The molecule has 0 aliphatic carbocycles. The van der Waals surface area contributed by atoms with Crippen LogP contribution >= 0.6 is 19.2 Å². The molecule has 0 spiro atoms. The molecular weight excluding hydrogens is 446 g/mol. The van der Waals surface area contributed by atoms with Gasteiger partial charge in [0.2, 0.25) is 5.95 Å². The number of hydrogen-bond acceptors (Lipinski definition) is 7. The van der Waals surface area contributed by atoms with Crippen LogP contribution in [0.3, 0.4) is 0 Å². The van der Waals surface area contributed by atoms with Crippen molar-refractivity contribution in [2.45, 2.75) is 33.1 Å². The Hall–Kier alpha value is -1.87. The summed E-state index contributed by atoms with van der Waals surface area (Å²) in [5, 5.41) is 2.07. The second-order valence-electron chi connectivity index (χ2n) is 5.89. The smallest absolute Gasteiger partial charge is 0.420 e. The third-order valence-electron chi connectivity index (χ3n) is 3.67. The highest BCUT2D eigenvalue weighted by Gasteiger charge is 2.34. The lowest BCUT2D eigenvalue weighted by Crippen LogP contribution is -2.09. The normalized spacial score (nSPS) is 12.1. The second kappa shape index (κ2) is 10.4. The molecule has 7 nitrogen and oxygen atoms in total. The molecule has 0 aliphatic rings. The van der Waals surface area contributed by atoms with E-state index in [2.05, 4.69) is 15.3 Å². The Kier molecular flexibility index (Phi) is 8.49. The van der Waals surface area contributed by atoms with Crippen molar-refractivity contribution in [3.05, 3.63) is 40.7 Å². The average molecular weight is 468 g/mol. The molecule has 0 saturated carbocycles. The number of benzene rings is 1. The Morgan fingerprint density at radius 3 is 2.33 bits per heavy atom. The van der Waals surface area contributed by atoms with Gasteiger partial charge in [-0.1, -0.05) is 17.7 Å². The van der Waals surface area contributed by atoms with Crippen molar-refractivity contribution in [3.8, 4) is 5.75 Å². The van der Waals surface area contributed by atoms with Gasteiger partial charge in [-0.3, -0.25) is 4.57 Å². The Morgan fingerprint density at radius 1 is 1.13 bits per heavy atom. The number of rotatable bonds is 10. The summed E-state index contributed by atoms with van der Waals surface area (Å²) in [5.74, 6) is 0.241. The van der Waals surface area contributed by atoms with Gasteiger partial charge in [0.05, 0.1) is 31.7 Å². The van der Waals surface area contributed by atoms with Crippen molar-refractivity contribution in [2.24, 2.45) is 0 Å². The van der Waals surface area contributed by atoms with Crippen LogP contribution in [0, 0.1) is 0 Å². The maximum absolute atomic E-state index is 12.8. The number of halogens is 4. The van der Waals surface area contributed by atoms with Gasteiger partial charge in [-0.2, -0.15) is 13.2 Å². The lowest BCUT2D eigenvalue weighted by atomic mass is 10.2. The van der Waals surface area contributed by atoms with Gasteiger partial charge in [-0.05, 0) is 38.5 Å². The summed E-state index contributed by atoms with van der Waals surface area (Å²) in [6.45, 7) is 6.01. The third-order valence-corrected chi connectivity index (χ3v) is 6.01. The molecule has 2 rings (SSSR count). The summed E-state index contributed by atoms with van der Waals surface area (Å²) in [5.41, 5.74) is -0.0858. The molecule has 30 heavy (non-hydrogen) atoms. The zero-order valence-corrected chi connectivity index (χ0v) is 18.3. The zero-order chi connectivity index (χ0) is 22.4. The van der Waals surface area contributed by atoms with Crippen LogP contribution in [0.25, 0.3) is 0 Å². The molecule has 0 aliphatic heterocycles. The molecule has 0 unspecified atom stereocenters. The van der Waals surface area contributed by atoms with Gasteiger partial charge in [-0.15, -0.1) is 0 Å². The average Bonchev–Trinajstić information content (AvgIpc) is 2.63. The Labute approximate surface area is 177 Å². The van der Waals surface area contributed by atoms with Gasteiger partial charge in [0.1, 0.15) is 16.5 Å². The van der Waals surface area contributed by atoms with Crippen LogP contribution in [-0.2, 0) is 26.0 Å². The fourth-order valence-electron chi connectivity index (χ4n) is 2.52. The van der Waals surface area contributed by atoms with E-state index in [4.69, 9.17) is 25.4 Å². The van der Waals surface area contributed by atoms with Crippen molar-refractivity contribution in [1.82, 2.24) is 9.97 Å². The Balaban J connectivity index is 2.29. The van der Waals surface area contributed by atoms with Gasteiger partial charge < -0.3 is 19.1 Å². The molecule has 0 bridgehead atoms. The fraction of sp³-hybridized carbons (Fsp3) is 0.444. The highest BCUT2D eigenvalue weighted by atomic mass is 35.5. The summed E-state index contributed by atoms with van der Waals surface area (Å²) in [4.78, 5) is 7.32. The SMILES string of the molecule is CCOc1cc(CP(=O)(OCC)OCC)ccc1Nc1ncc(C(F)(F)F)c(Cl)n1. The number of alkyl halides is 3. The van der Waals surface area contributed by atoms with Gasteiger partial charge in [0.25, 0.3) is 0 Å². The van der Waals surface area contributed by atoms with E-state index in [-0.39, 0.29) is 25.3 Å². The molecule has 1 aromatic heterocycles. The minimum atomic E-state index is -4.65. The molecule has 0 radical (unpaired) electrons. The van der Waals surface area contributed by atoms with E-state index in [0.29, 0.717) is 29.8 Å². The maximum atomic E-state index is 12.8. The van der Waals surface area contributed by atoms with Crippen LogP contribution in [0.2, 0.25) is 5.15 Å². The van der Waals surface area contributed by atoms with Gasteiger partial charge in [-0.25, -0.2) is 9.97 Å². The first kappa shape index (κ1) is 24.4. The van der Waals surface area contributed by atoms with Crippen molar-refractivity contribution in [1.29, 1.82) is 0 Å². The standard InChI is InChI=1S/C18H22ClF3N3O4P/c1-4-27-15-9-12(11-30(26,28-5-2)29-6-3)7-8-14(15)24-17-23-10-13(16(19)25-17)18(20,21)22/h7-10H,4-6,11H2,1-3H3,(H,23,24,25). The topological polar surface area (TPSA) is 82.6 Å². The minimum absolute atomic E-state index is 0.0393. The van der Waals surface area contributed by atoms with E-state index in [9.17, 15) is 17.7 Å². The molecule has 0 fully saturated rings. The molecular formula is C18H22ClF3N3O4P. The zero-order valence-electron chi connectivity index (χ0n) is 16.6. The Morgan fingerprint density at radius 2 is 1.80 bits per heavy atom. The van der Waals surface area contributed by atoms with E-state index < -0.39 is 24.5 Å². The summed E-state index contributed by atoms with van der Waals surface area (Å²) in [6.07, 6.45) is -4.01. The van der Waals surface area contributed by atoms with Crippen molar-refractivity contribution in [2.75, 3.05) is 25.1 Å². The maximum Gasteiger partial charge on any atom is 0.420 e. The van der Waals surface area contributed by atoms with Crippen LogP contribution in [-0.4, -0.2) is 29.8 Å². The highest BCUT2D eigenvalue weighted by Crippen LogP contribution is 2.51. The molecule has 0 atom stereocenters. The van der Waals surface area contributed by atoms with Gasteiger partial charge >= 0.3 is 13.8 Å². The van der Waals surface area contributed by atoms with Gasteiger partial charge in [0.15, 0.2) is 0 Å². The highest BCUT2D eigenvalue weighted by molar-refractivity contribution is 7.53. The molecule has 1 aromatic carbocycles. The number of nitrogens with zero attached hydrogens (tertiary/aromatic N) is 2. The summed E-state index contributed by atoms with van der Waals surface area (Å²) < 4.78 is 67.4. The van der Waals surface area contributed by atoms with Crippen molar-refractivity contribution in [3.63, 3.8) is 0 Å². The molecule has 1 heterocycles. The molecule has 2 aromatic rings. The number of hydrogen-bond donors (Lipinski definition) is 1. The number of aromatic nitrogens is 2. The van der Waals surface area contributed by atoms with E-state index in [1.807, 2.05) is 0 Å². The molecule has 12 heteroatoms. The van der Waals surface area contributed by atoms with Crippen LogP contribution in [0.5, 0.6) is 5.75 Å². The lowest BCUT2D eigenvalue weighted by molar-refractivity contribution is -0.137. The quantitative estimate of drug-likeness (QED) is 0.336. The lowest BCUT2D eigenvalue weighted by Gasteiger charge is -2.18. The predicted molar refractivity (Wildman–Crippen MR) is 108 cm³/mol. The fourth-order valence-corrected chi connectivity index (χ4v) is 4.44. The molecule has 0 amide bonds. The van der Waals surface area contributed by atoms with Crippen LogP contribution in [0.15, 0.2) is 24.4 Å². The Bertz CT molecular complexity index is 905. The first-order chi connectivity index (χ1) is 14.1. The van der Waals surface area contributed by atoms with Crippen molar-refractivity contribution < 1.29 is 31.5 Å². The number of nitrogens with one attached hydrogen (secondary N) is 1. The van der Waals surface area contributed by atoms with E-state index >= 15 is 0 Å². The van der Waals surface area contributed by atoms with E-state index in [0.717, 1.165) is 0 Å². The predicted octanol–water partition coefficient (Wildman–Crippen LogP) is 6.06. The first-order valence-electron chi connectivity index (χ1n) is 9.12. The first-order valence-corrected chi connectivity index (χ1v) is 11.2. The van der Waals surface area contributed by atoms with Crippen molar-refractivity contribution >= 4 is 30.8 Å². The summed E-state index contributed by atoms with van der Waals surface area (Å²) in [6, 6.07) is 4.92. The summed E-state index contributed by atoms with van der Waals surface area (Å²) >= 11 is 5.64. The third kappa shape index (κ3) is 6.57. The number of ether oxygens (including phenoxy) is 1. The molecule has 166 valence electrons. The molecule has 0 saturated heterocycles. The largest absolute Gasteiger partial charge is 0.492 e. The second-order valence-corrected chi connectivity index (χ2v) is 8.30. The summed E-state index contributed by atoms with van der Waals surface area (Å²) in [7, 11) is -3.31. The molecule has 1 N–H and O–H groups in total. The minimum Gasteiger partial charge on any atom is -0.492 e.